The van der Waals surface area contributed by atoms with Crippen molar-refractivity contribution in [3.63, 3.8) is 0 Å². The van der Waals surface area contributed by atoms with Gasteiger partial charge in [-0.15, -0.1) is 22.7 Å². The topological polar surface area (TPSA) is 110 Å². The molecule has 0 bridgehead atoms. The lowest BCUT2D eigenvalue weighted by Gasteiger charge is -2.32. The molecule has 0 spiro atoms. The van der Waals surface area contributed by atoms with E-state index in [1.54, 1.807) is 22.7 Å². The maximum atomic E-state index is 12.5. The van der Waals surface area contributed by atoms with Gasteiger partial charge in [-0.2, -0.15) is 12.7 Å². The Morgan fingerprint density at radius 1 is 1.23 bits per heavy atom. The second kappa shape index (κ2) is 9.90. The van der Waals surface area contributed by atoms with Crippen LogP contribution < -0.4 is 10.5 Å². The monoisotopic (exact) mass is 485 g/mol. The molecule has 31 heavy (non-hydrogen) atoms. The van der Waals surface area contributed by atoms with E-state index in [1.165, 1.54) is 9.18 Å². The van der Waals surface area contributed by atoms with Gasteiger partial charge in [0.15, 0.2) is 0 Å². The first-order valence-corrected chi connectivity index (χ1v) is 13.9. The molecule has 3 N–H and O–H groups in total. The molecule has 2 fully saturated rings. The molecule has 1 saturated carbocycles. The predicted molar refractivity (Wildman–Crippen MR) is 124 cm³/mol. The molecule has 0 radical (unpaired) electrons. The highest BCUT2D eigenvalue weighted by atomic mass is 32.2. The summed E-state index contributed by atoms with van der Waals surface area (Å²) in [5.41, 5.74) is 8.48. The van der Waals surface area contributed by atoms with Crippen LogP contribution in [0.1, 0.15) is 46.6 Å². The van der Waals surface area contributed by atoms with Gasteiger partial charge >= 0.3 is 0 Å². The number of nitrogens with one attached hydrogen (secondary N) is 1. The van der Waals surface area contributed by atoms with E-state index in [0.29, 0.717) is 44.7 Å². The fraction of sp³-hybridized carbons (Fsp3) is 0.700. The number of hydrogen-bond acceptors (Lipinski definition) is 8. The fourth-order valence-electron chi connectivity index (χ4n) is 4.37. The van der Waals surface area contributed by atoms with Gasteiger partial charge in [0.05, 0.1) is 24.3 Å². The molecule has 1 atom stereocenters. The van der Waals surface area contributed by atoms with Crippen LogP contribution in [0.3, 0.4) is 0 Å². The van der Waals surface area contributed by atoms with Gasteiger partial charge < -0.3 is 10.5 Å². The molecule has 172 valence electrons. The van der Waals surface area contributed by atoms with Gasteiger partial charge in [0.25, 0.3) is 10.2 Å². The van der Waals surface area contributed by atoms with Crippen molar-refractivity contribution in [2.45, 2.75) is 45.6 Å². The van der Waals surface area contributed by atoms with Crippen LogP contribution in [0.2, 0.25) is 0 Å². The number of nitrogens with two attached hydrogens (primary N) is 1. The van der Waals surface area contributed by atoms with E-state index < -0.39 is 10.2 Å². The van der Waals surface area contributed by atoms with Gasteiger partial charge in [0, 0.05) is 29.9 Å². The third-order valence-corrected chi connectivity index (χ3v) is 9.63. The zero-order valence-corrected chi connectivity index (χ0v) is 20.5. The van der Waals surface area contributed by atoms with Gasteiger partial charge in [-0.3, -0.25) is 0 Å². The normalized spacial score (nSPS) is 24.4. The number of thiazole rings is 2. The highest BCUT2D eigenvalue weighted by molar-refractivity contribution is 7.87. The Morgan fingerprint density at radius 3 is 2.58 bits per heavy atom. The van der Waals surface area contributed by atoms with Gasteiger partial charge in [0.1, 0.15) is 16.4 Å². The lowest BCUT2D eigenvalue weighted by atomic mass is 9.79. The first-order valence-electron chi connectivity index (χ1n) is 10.8. The molecular formula is C20H31N5O3S3. The van der Waals surface area contributed by atoms with E-state index in [0.717, 1.165) is 47.1 Å². The average molecular weight is 486 g/mol. The Bertz CT molecular complexity index is 976. The number of aryl methyl sites for hydroxylation is 2. The molecule has 1 saturated heterocycles. The van der Waals surface area contributed by atoms with Crippen molar-refractivity contribution in [2.75, 3.05) is 32.8 Å². The molecule has 0 aromatic carbocycles. The van der Waals surface area contributed by atoms with Crippen LogP contribution in [0.15, 0.2) is 5.38 Å². The van der Waals surface area contributed by atoms with Crippen LogP contribution >= 0.6 is 22.7 Å². The second-order valence-corrected chi connectivity index (χ2v) is 12.4. The zero-order valence-electron chi connectivity index (χ0n) is 18.0. The summed E-state index contributed by atoms with van der Waals surface area (Å²) in [6.45, 7) is 6.35. The Labute approximate surface area is 192 Å². The summed E-state index contributed by atoms with van der Waals surface area (Å²) in [6.07, 6.45) is 3.95. The van der Waals surface area contributed by atoms with Crippen LogP contribution in [0.25, 0.3) is 11.4 Å². The maximum absolute atomic E-state index is 12.5. The van der Waals surface area contributed by atoms with Crippen molar-refractivity contribution >= 4 is 32.9 Å². The van der Waals surface area contributed by atoms with Crippen molar-refractivity contribution in [3.05, 3.63) is 20.3 Å². The molecule has 3 heterocycles. The van der Waals surface area contributed by atoms with E-state index in [2.05, 4.69) is 22.0 Å². The van der Waals surface area contributed by atoms with E-state index in [9.17, 15) is 8.42 Å². The van der Waals surface area contributed by atoms with Crippen LogP contribution in [-0.4, -0.2) is 55.5 Å². The summed E-state index contributed by atoms with van der Waals surface area (Å²) in [4.78, 5) is 10.6. The van der Waals surface area contributed by atoms with Gasteiger partial charge in [-0.1, -0.05) is 0 Å². The molecule has 2 aliphatic rings. The molecule has 4 rings (SSSR count). The Kier molecular flexibility index (Phi) is 7.41. The molecule has 2 aromatic rings. The Hall–Kier alpha value is -0.950. The minimum atomic E-state index is -3.42. The summed E-state index contributed by atoms with van der Waals surface area (Å²) in [6, 6.07) is -0.0789. The number of aromatic nitrogens is 2. The van der Waals surface area contributed by atoms with Crippen molar-refractivity contribution < 1.29 is 13.2 Å². The summed E-state index contributed by atoms with van der Waals surface area (Å²) in [5, 5.41) is 4.08. The largest absolute Gasteiger partial charge is 0.379 e. The van der Waals surface area contributed by atoms with Gasteiger partial charge in [0.2, 0.25) is 0 Å². The molecule has 0 amide bonds. The predicted octanol–water partition coefficient (Wildman–Crippen LogP) is 2.86. The van der Waals surface area contributed by atoms with Crippen LogP contribution in [0.4, 0.5) is 0 Å². The van der Waals surface area contributed by atoms with E-state index in [1.807, 2.05) is 6.92 Å². The Morgan fingerprint density at radius 2 is 1.94 bits per heavy atom. The van der Waals surface area contributed by atoms with Crippen molar-refractivity contribution in [2.24, 2.45) is 17.6 Å². The fourth-order valence-corrected chi connectivity index (χ4v) is 7.35. The summed E-state index contributed by atoms with van der Waals surface area (Å²) < 4.78 is 34.4. The smallest absolute Gasteiger partial charge is 0.279 e. The van der Waals surface area contributed by atoms with E-state index >= 15 is 0 Å². The van der Waals surface area contributed by atoms with Gasteiger partial charge in [-0.05, 0) is 51.4 Å². The van der Waals surface area contributed by atoms with E-state index in [-0.39, 0.29) is 6.04 Å². The summed E-state index contributed by atoms with van der Waals surface area (Å²) >= 11 is 3.31. The average Bonchev–Trinajstić information content (AvgIpc) is 3.39. The maximum Gasteiger partial charge on any atom is 0.279 e. The minimum Gasteiger partial charge on any atom is -0.379 e. The quantitative estimate of drug-likeness (QED) is 0.624. The molecule has 2 aromatic heterocycles. The molecular weight excluding hydrogens is 454 g/mol. The van der Waals surface area contributed by atoms with Crippen LogP contribution in [0, 0.1) is 25.7 Å². The molecule has 1 unspecified atom stereocenters. The van der Waals surface area contributed by atoms with Crippen LogP contribution in [0.5, 0.6) is 0 Å². The molecule has 1 aliphatic carbocycles. The van der Waals surface area contributed by atoms with Crippen molar-refractivity contribution in [3.8, 4) is 11.4 Å². The lowest BCUT2D eigenvalue weighted by molar-refractivity contribution is 0.0724. The van der Waals surface area contributed by atoms with Crippen molar-refractivity contribution in [1.29, 1.82) is 0 Å². The summed E-state index contributed by atoms with van der Waals surface area (Å²) in [5.74, 6) is 0.733. The highest BCUT2D eigenvalue weighted by Crippen LogP contribution is 2.38. The number of morpholine rings is 1. The molecule has 8 nitrogen and oxygen atoms in total. The standard InChI is InChI=1S/C20H31N5O3S3/c1-13-19(23-14(2)30-13)17-12-29-20(24-17)18(21)16-5-3-15(4-6-16)11-22-31(26,27)25-7-9-28-10-8-25/h12,15-16,18,22H,3-11,21H2,1-2H3. The number of nitrogens with zero attached hydrogens (tertiary/aromatic N) is 3. The first kappa shape index (κ1) is 23.2. The molecule has 1 aliphatic heterocycles. The summed E-state index contributed by atoms with van der Waals surface area (Å²) in [7, 11) is -3.42. The third-order valence-electron chi connectivity index (χ3n) is 6.22. The second-order valence-electron chi connectivity index (χ2n) is 8.38. The number of ether oxygens (including phenoxy) is 1. The lowest BCUT2D eigenvalue weighted by Crippen LogP contribution is -2.47. The zero-order chi connectivity index (χ0) is 22.0. The minimum absolute atomic E-state index is 0.0789. The van der Waals surface area contributed by atoms with E-state index in [4.69, 9.17) is 15.5 Å². The highest BCUT2D eigenvalue weighted by Gasteiger charge is 2.30. The third kappa shape index (κ3) is 5.52. The number of hydrogen-bond donors (Lipinski definition) is 2. The number of rotatable bonds is 7. The Balaban J connectivity index is 1.28. The first-order chi connectivity index (χ1) is 14.8. The van der Waals surface area contributed by atoms with Crippen molar-refractivity contribution in [1.82, 2.24) is 19.0 Å². The molecule has 11 heteroatoms. The van der Waals surface area contributed by atoms with Crippen LogP contribution in [-0.2, 0) is 14.9 Å². The SMILES string of the molecule is Cc1nc(-c2csc(C(N)C3CCC(CNS(=O)(=O)N4CCOCC4)CC3)n2)c(C)s1. The van der Waals surface area contributed by atoms with Gasteiger partial charge in [-0.25, -0.2) is 14.7 Å².